The number of anilines is 1. The molecule has 3 rings (SSSR count). The van der Waals surface area contributed by atoms with Crippen molar-refractivity contribution >= 4 is 17.4 Å². The predicted octanol–water partition coefficient (Wildman–Crippen LogP) is 2.94. The number of hydrogen-bond acceptors (Lipinski definition) is 7. The van der Waals surface area contributed by atoms with Crippen LogP contribution in [0.25, 0.3) is 0 Å². The first-order chi connectivity index (χ1) is 13.2. The first-order valence-corrected chi connectivity index (χ1v) is 8.33. The average molecular weight is 365 g/mol. The number of methoxy groups -OCH3 is 2. The van der Waals surface area contributed by atoms with Gasteiger partial charge in [0.15, 0.2) is 6.79 Å². The Hall–Kier alpha value is -3.37. The van der Waals surface area contributed by atoms with Gasteiger partial charge in [-0.05, 0) is 17.7 Å². The maximum absolute atomic E-state index is 11.9. The number of carbonyl (C=O) groups excluding carboxylic acids is 1. The quantitative estimate of drug-likeness (QED) is 0.578. The highest BCUT2D eigenvalue weighted by molar-refractivity contribution is 6.06. The summed E-state index contributed by atoms with van der Waals surface area (Å²) in [6.45, 7) is 0.515. The zero-order valence-electron chi connectivity index (χ0n) is 15.1. The molecule has 7 heteroatoms. The second-order valence-corrected chi connectivity index (χ2v) is 5.87. The molecule has 1 heterocycles. The maximum Gasteiger partial charge on any atom is 0.341 e. The monoisotopic (exact) mass is 365 g/mol. The number of nitriles is 1. The molecule has 1 aliphatic heterocycles. The van der Waals surface area contributed by atoms with Gasteiger partial charge in [-0.1, -0.05) is 30.3 Å². The van der Waals surface area contributed by atoms with E-state index >= 15 is 0 Å². The van der Waals surface area contributed by atoms with Gasteiger partial charge in [0.05, 0.1) is 25.3 Å². The second kappa shape index (κ2) is 8.34. The molecule has 27 heavy (non-hydrogen) atoms. The van der Waals surface area contributed by atoms with Gasteiger partial charge in [-0.2, -0.15) is 10.4 Å². The molecule has 1 atom stereocenters. The first kappa shape index (κ1) is 18.4. The lowest BCUT2D eigenvalue weighted by molar-refractivity contribution is 0.0465. The zero-order valence-corrected chi connectivity index (χ0v) is 15.1. The molecule has 1 unspecified atom stereocenters. The molecule has 0 amide bonds. The number of benzene rings is 2. The zero-order chi connectivity index (χ0) is 19.2. The third-order valence-electron chi connectivity index (χ3n) is 4.23. The van der Waals surface area contributed by atoms with Crippen molar-refractivity contribution in [1.82, 2.24) is 0 Å². The second-order valence-electron chi connectivity index (χ2n) is 5.87. The number of rotatable bonds is 6. The molecule has 0 aromatic heterocycles. The molecule has 0 bridgehead atoms. The Morgan fingerprint density at radius 3 is 2.70 bits per heavy atom. The van der Waals surface area contributed by atoms with Gasteiger partial charge in [-0.3, -0.25) is 5.01 Å². The van der Waals surface area contributed by atoms with Crippen LogP contribution in [0.5, 0.6) is 5.75 Å². The van der Waals surface area contributed by atoms with Gasteiger partial charge in [0.1, 0.15) is 23.1 Å². The molecule has 2 aromatic carbocycles. The maximum atomic E-state index is 11.9. The minimum atomic E-state index is -0.502. The summed E-state index contributed by atoms with van der Waals surface area (Å²) in [7, 11) is 2.81. The largest absolute Gasteiger partial charge is 0.467 e. The van der Waals surface area contributed by atoms with Crippen LogP contribution in [0.2, 0.25) is 0 Å². The smallest absolute Gasteiger partial charge is 0.341 e. The predicted molar refractivity (Wildman–Crippen MR) is 99.9 cm³/mol. The number of hydrogen-bond donors (Lipinski definition) is 0. The SMILES string of the molecule is COCOc1cc(N2CC(c3ccccc3)C(C#N)=N2)ccc1C(=O)OC. The van der Waals surface area contributed by atoms with E-state index in [4.69, 9.17) is 14.2 Å². The lowest BCUT2D eigenvalue weighted by Gasteiger charge is -2.18. The van der Waals surface area contributed by atoms with E-state index in [9.17, 15) is 10.1 Å². The van der Waals surface area contributed by atoms with E-state index in [0.29, 0.717) is 29.3 Å². The number of esters is 1. The first-order valence-electron chi connectivity index (χ1n) is 8.33. The van der Waals surface area contributed by atoms with Crippen LogP contribution in [0, 0.1) is 11.3 Å². The molecular weight excluding hydrogens is 346 g/mol. The molecule has 2 aromatic rings. The Morgan fingerprint density at radius 1 is 1.26 bits per heavy atom. The van der Waals surface area contributed by atoms with E-state index in [1.165, 1.54) is 14.2 Å². The van der Waals surface area contributed by atoms with Crippen LogP contribution in [0.3, 0.4) is 0 Å². The molecule has 1 aliphatic rings. The summed E-state index contributed by atoms with van der Waals surface area (Å²) in [4.78, 5) is 11.9. The minimum absolute atomic E-state index is 0.00714. The lowest BCUT2D eigenvalue weighted by Crippen LogP contribution is -2.18. The highest BCUT2D eigenvalue weighted by Crippen LogP contribution is 2.32. The molecule has 0 radical (unpaired) electrons. The number of nitrogens with zero attached hydrogens (tertiary/aromatic N) is 3. The molecule has 138 valence electrons. The van der Waals surface area contributed by atoms with Crippen molar-refractivity contribution in [2.45, 2.75) is 5.92 Å². The topological polar surface area (TPSA) is 84.2 Å². The third kappa shape index (κ3) is 3.91. The molecule has 0 saturated heterocycles. The van der Waals surface area contributed by atoms with E-state index in [0.717, 1.165) is 5.56 Å². The molecule has 0 N–H and O–H groups in total. The van der Waals surface area contributed by atoms with E-state index in [-0.39, 0.29) is 12.7 Å². The minimum Gasteiger partial charge on any atom is -0.467 e. The van der Waals surface area contributed by atoms with Gasteiger partial charge in [0, 0.05) is 13.2 Å². The van der Waals surface area contributed by atoms with Crippen molar-refractivity contribution in [3.05, 3.63) is 59.7 Å². The fraction of sp³-hybridized carbons (Fsp3) is 0.250. The van der Waals surface area contributed by atoms with Crippen molar-refractivity contribution in [2.24, 2.45) is 5.10 Å². The van der Waals surface area contributed by atoms with E-state index in [1.54, 1.807) is 23.2 Å². The van der Waals surface area contributed by atoms with Crippen molar-refractivity contribution in [2.75, 3.05) is 32.6 Å². The summed E-state index contributed by atoms with van der Waals surface area (Å²) >= 11 is 0. The van der Waals surface area contributed by atoms with E-state index in [1.807, 2.05) is 30.3 Å². The van der Waals surface area contributed by atoms with Crippen LogP contribution in [0.15, 0.2) is 53.6 Å². The number of hydrazone groups is 1. The van der Waals surface area contributed by atoms with Crippen LogP contribution < -0.4 is 9.75 Å². The summed E-state index contributed by atoms with van der Waals surface area (Å²) < 4.78 is 15.2. The fourth-order valence-electron chi connectivity index (χ4n) is 2.90. The van der Waals surface area contributed by atoms with Crippen LogP contribution in [0.4, 0.5) is 5.69 Å². The van der Waals surface area contributed by atoms with Crippen LogP contribution in [-0.2, 0) is 9.47 Å². The van der Waals surface area contributed by atoms with Crippen molar-refractivity contribution < 1.29 is 19.0 Å². The standard InChI is InChI=1S/C20H19N3O4/c1-25-13-27-19-10-15(8-9-16(19)20(24)26-2)23-12-17(18(11-21)22-23)14-6-4-3-5-7-14/h3-10,17H,12-13H2,1-2H3. The highest BCUT2D eigenvalue weighted by Gasteiger charge is 2.29. The van der Waals surface area contributed by atoms with E-state index < -0.39 is 5.97 Å². The number of carbonyl (C=O) groups is 1. The van der Waals surface area contributed by atoms with Crippen molar-refractivity contribution in [3.63, 3.8) is 0 Å². The summed E-state index contributed by atoms with van der Waals surface area (Å²) in [6, 6.07) is 17.0. The van der Waals surface area contributed by atoms with Gasteiger partial charge in [-0.25, -0.2) is 4.79 Å². The summed E-state index contributed by atoms with van der Waals surface area (Å²) in [5, 5.41) is 15.6. The van der Waals surface area contributed by atoms with Crippen molar-refractivity contribution in [1.29, 1.82) is 5.26 Å². The summed E-state index contributed by atoms with van der Waals surface area (Å²) in [6.07, 6.45) is 0. The van der Waals surface area contributed by atoms with Gasteiger partial charge < -0.3 is 14.2 Å². The molecule has 0 saturated carbocycles. The Kier molecular flexibility index (Phi) is 5.69. The van der Waals surface area contributed by atoms with Gasteiger partial charge >= 0.3 is 5.97 Å². The van der Waals surface area contributed by atoms with E-state index in [2.05, 4.69) is 11.2 Å². The van der Waals surface area contributed by atoms with Crippen LogP contribution in [0.1, 0.15) is 21.8 Å². The molecule has 7 nitrogen and oxygen atoms in total. The van der Waals surface area contributed by atoms with Crippen LogP contribution >= 0.6 is 0 Å². The number of ether oxygens (including phenoxy) is 3. The normalized spacial score (nSPS) is 15.8. The third-order valence-corrected chi connectivity index (χ3v) is 4.23. The summed E-state index contributed by atoms with van der Waals surface area (Å²) in [5.41, 5.74) is 2.47. The van der Waals surface area contributed by atoms with Gasteiger partial charge in [-0.15, -0.1) is 0 Å². The molecule has 0 fully saturated rings. The van der Waals surface area contributed by atoms with Gasteiger partial charge in [0.2, 0.25) is 0 Å². The Balaban J connectivity index is 1.91. The summed E-state index contributed by atoms with van der Waals surface area (Å²) in [5.74, 6) is -0.282. The Morgan fingerprint density at radius 2 is 2.04 bits per heavy atom. The highest BCUT2D eigenvalue weighted by atomic mass is 16.7. The van der Waals surface area contributed by atoms with Gasteiger partial charge in [0.25, 0.3) is 0 Å². The average Bonchev–Trinajstić information content (AvgIpc) is 3.16. The molecule has 0 spiro atoms. The lowest BCUT2D eigenvalue weighted by atomic mass is 9.95. The molecule has 0 aliphatic carbocycles. The van der Waals surface area contributed by atoms with Crippen LogP contribution in [-0.4, -0.2) is 39.2 Å². The fourth-order valence-corrected chi connectivity index (χ4v) is 2.90. The molecular formula is C20H19N3O4. The Bertz CT molecular complexity index is 890. The Labute approximate surface area is 157 Å². The van der Waals surface area contributed by atoms with Crippen molar-refractivity contribution in [3.8, 4) is 11.8 Å².